The SMILES string of the molecule is CC(NC(=O)Cc1ccc2c(c1)N(C)C(=O)CCO2)c1ccccc1. The van der Waals surface area contributed by atoms with Gasteiger partial charge in [0.25, 0.3) is 0 Å². The van der Waals surface area contributed by atoms with E-state index in [1.54, 1.807) is 11.9 Å². The zero-order chi connectivity index (χ0) is 17.8. The molecule has 1 aliphatic rings. The molecule has 1 atom stereocenters. The molecule has 1 N–H and O–H groups in total. The number of nitrogens with one attached hydrogen (secondary N) is 1. The van der Waals surface area contributed by atoms with Crippen molar-refractivity contribution in [2.45, 2.75) is 25.8 Å². The van der Waals surface area contributed by atoms with Gasteiger partial charge in [0.1, 0.15) is 5.75 Å². The van der Waals surface area contributed by atoms with E-state index in [-0.39, 0.29) is 24.3 Å². The van der Waals surface area contributed by atoms with E-state index in [4.69, 9.17) is 4.74 Å². The molecule has 2 aromatic rings. The van der Waals surface area contributed by atoms with Crippen molar-refractivity contribution in [3.05, 3.63) is 59.7 Å². The molecular weight excluding hydrogens is 316 g/mol. The molecule has 5 heteroatoms. The highest BCUT2D eigenvalue weighted by Gasteiger charge is 2.20. The van der Waals surface area contributed by atoms with Gasteiger partial charge in [-0.3, -0.25) is 9.59 Å². The number of nitrogens with zero attached hydrogens (tertiary/aromatic N) is 1. The molecule has 130 valence electrons. The van der Waals surface area contributed by atoms with Crippen LogP contribution in [0.1, 0.15) is 30.5 Å². The molecule has 0 aromatic heterocycles. The number of benzene rings is 2. The molecule has 0 radical (unpaired) electrons. The third-order valence-corrected chi connectivity index (χ3v) is 4.37. The van der Waals surface area contributed by atoms with Crippen LogP contribution >= 0.6 is 0 Å². The number of hydrogen-bond acceptors (Lipinski definition) is 3. The molecule has 25 heavy (non-hydrogen) atoms. The van der Waals surface area contributed by atoms with Gasteiger partial charge in [0.2, 0.25) is 11.8 Å². The topological polar surface area (TPSA) is 58.6 Å². The Bertz CT molecular complexity index is 774. The first-order chi connectivity index (χ1) is 12.0. The number of fused-ring (bicyclic) bond motifs is 1. The van der Waals surface area contributed by atoms with Crippen LogP contribution in [-0.2, 0) is 16.0 Å². The van der Waals surface area contributed by atoms with Gasteiger partial charge < -0.3 is 15.0 Å². The third kappa shape index (κ3) is 3.99. The molecule has 2 aromatic carbocycles. The third-order valence-electron chi connectivity index (χ3n) is 4.37. The molecule has 0 spiro atoms. The molecule has 0 saturated carbocycles. The monoisotopic (exact) mass is 338 g/mol. The van der Waals surface area contributed by atoms with Crippen LogP contribution in [0, 0.1) is 0 Å². The van der Waals surface area contributed by atoms with Crippen molar-refractivity contribution in [2.75, 3.05) is 18.6 Å². The van der Waals surface area contributed by atoms with E-state index in [0.717, 1.165) is 11.1 Å². The van der Waals surface area contributed by atoms with Crippen LogP contribution < -0.4 is 15.0 Å². The van der Waals surface area contributed by atoms with Gasteiger partial charge in [-0.2, -0.15) is 0 Å². The minimum atomic E-state index is -0.0557. The van der Waals surface area contributed by atoms with Crippen LogP contribution in [0.3, 0.4) is 0 Å². The summed E-state index contributed by atoms with van der Waals surface area (Å²) in [6.45, 7) is 2.34. The second-order valence-corrected chi connectivity index (χ2v) is 6.23. The predicted molar refractivity (Wildman–Crippen MR) is 96.7 cm³/mol. The summed E-state index contributed by atoms with van der Waals surface area (Å²) in [5.74, 6) is 0.632. The van der Waals surface area contributed by atoms with Crippen LogP contribution in [0.4, 0.5) is 5.69 Å². The molecule has 1 unspecified atom stereocenters. The number of ether oxygens (including phenoxy) is 1. The second-order valence-electron chi connectivity index (χ2n) is 6.23. The number of hydrogen-bond donors (Lipinski definition) is 1. The number of carbonyl (C=O) groups is 2. The summed E-state index contributed by atoms with van der Waals surface area (Å²) >= 11 is 0. The molecule has 1 heterocycles. The summed E-state index contributed by atoms with van der Waals surface area (Å²) in [4.78, 5) is 25.9. The average molecular weight is 338 g/mol. The lowest BCUT2D eigenvalue weighted by molar-refractivity contribution is -0.121. The van der Waals surface area contributed by atoms with E-state index in [2.05, 4.69) is 5.32 Å². The maximum absolute atomic E-state index is 12.4. The summed E-state index contributed by atoms with van der Waals surface area (Å²) in [6.07, 6.45) is 0.613. The fourth-order valence-electron chi connectivity index (χ4n) is 2.91. The van der Waals surface area contributed by atoms with Gasteiger partial charge in [0, 0.05) is 7.05 Å². The van der Waals surface area contributed by atoms with Gasteiger partial charge in [-0.25, -0.2) is 0 Å². The van der Waals surface area contributed by atoms with E-state index in [0.29, 0.717) is 24.5 Å². The van der Waals surface area contributed by atoms with E-state index in [1.165, 1.54) is 0 Å². The lowest BCUT2D eigenvalue weighted by Crippen LogP contribution is -2.28. The summed E-state index contributed by atoms with van der Waals surface area (Å²) in [5.41, 5.74) is 2.63. The first-order valence-corrected chi connectivity index (χ1v) is 8.41. The van der Waals surface area contributed by atoms with Crippen LogP contribution in [0.2, 0.25) is 0 Å². The molecule has 1 aliphatic heterocycles. The fraction of sp³-hybridized carbons (Fsp3) is 0.300. The molecule has 2 amide bonds. The Balaban J connectivity index is 1.70. The van der Waals surface area contributed by atoms with E-state index in [9.17, 15) is 9.59 Å². The zero-order valence-corrected chi connectivity index (χ0v) is 14.5. The second kappa shape index (κ2) is 7.38. The Morgan fingerprint density at radius 1 is 1.24 bits per heavy atom. The average Bonchev–Trinajstić information content (AvgIpc) is 2.75. The molecule has 0 saturated heterocycles. The first-order valence-electron chi connectivity index (χ1n) is 8.41. The van der Waals surface area contributed by atoms with E-state index in [1.807, 2.05) is 55.5 Å². The van der Waals surface area contributed by atoms with Crippen molar-refractivity contribution < 1.29 is 14.3 Å². The number of amides is 2. The van der Waals surface area contributed by atoms with Gasteiger partial charge in [0.15, 0.2) is 0 Å². The maximum atomic E-state index is 12.4. The highest BCUT2D eigenvalue weighted by molar-refractivity contribution is 5.95. The predicted octanol–water partition coefficient (Wildman–Crippen LogP) is 2.85. The van der Waals surface area contributed by atoms with Crippen LogP contribution in [-0.4, -0.2) is 25.5 Å². The lowest BCUT2D eigenvalue weighted by Gasteiger charge is -2.18. The summed E-state index contributed by atoms with van der Waals surface area (Å²) in [7, 11) is 1.73. The Kier molecular flexibility index (Phi) is 5.03. The Hall–Kier alpha value is -2.82. The van der Waals surface area contributed by atoms with Crippen molar-refractivity contribution in [2.24, 2.45) is 0 Å². The maximum Gasteiger partial charge on any atom is 0.230 e. The molecule has 0 fully saturated rings. The van der Waals surface area contributed by atoms with Crippen LogP contribution in [0.15, 0.2) is 48.5 Å². The van der Waals surface area contributed by atoms with Crippen LogP contribution in [0.5, 0.6) is 5.75 Å². The van der Waals surface area contributed by atoms with E-state index >= 15 is 0 Å². The molecule has 0 bridgehead atoms. The van der Waals surface area contributed by atoms with Crippen LogP contribution in [0.25, 0.3) is 0 Å². The van der Waals surface area contributed by atoms with Gasteiger partial charge in [-0.1, -0.05) is 36.4 Å². The van der Waals surface area contributed by atoms with E-state index < -0.39 is 0 Å². The highest BCUT2D eigenvalue weighted by atomic mass is 16.5. The molecule has 0 aliphatic carbocycles. The van der Waals surface area contributed by atoms with Gasteiger partial charge in [0.05, 0.1) is 31.2 Å². The standard InChI is InChI=1S/C20H22N2O3/c1-14(16-6-4-3-5-7-16)21-19(23)13-15-8-9-18-17(12-15)22(2)20(24)10-11-25-18/h3-9,12,14H,10-11,13H2,1-2H3,(H,21,23). The van der Waals surface area contributed by atoms with Crippen molar-refractivity contribution in [3.63, 3.8) is 0 Å². The first kappa shape index (κ1) is 17.0. The fourth-order valence-corrected chi connectivity index (χ4v) is 2.91. The molecule has 3 rings (SSSR count). The zero-order valence-electron chi connectivity index (χ0n) is 14.5. The smallest absolute Gasteiger partial charge is 0.230 e. The summed E-state index contributed by atoms with van der Waals surface area (Å²) < 4.78 is 5.61. The minimum absolute atomic E-state index is 0.0121. The normalized spacial score (nSPS) is 15.0. The van der Waals surface area contributed by atoms with Gasteiger partial charge in [-0.05, 0) is 30.2 Å². The number of anilines is 1. The van der Waals surface area contributed by atoms with Crippen molar-refractivity contribution in [3.8, 4) is 5.75 Å². The number of rotatable bonds is 4. The quantitative estimate of drug-likeness (QED) is 0.932. The summed E-state index contributed by atoms with van der Waals surface area (Å²) in [6, 6.07) is 15.3. The number of carbonyl (C=O) groups excluding carboxylic acids is 2. The molecule has 5 nitrogen and oxygen atoms in total. The largest absolute Gasteiger partial charge is 0.491 e. The summed E-state index contributed by atoms with van der Waals surface area (Å²) in [5, 5.41) is 3.01. The lowest BCUT2D eigenvalue weighted by atomic mass is 10.1. The van der Waals surface area contributed by atoms with Crippen molar-refractivity contribution >= 4 is 17.5 Å². The molecular formula is C20H22N2O3. The Morgan fingerprint density at radius 2 is 2.00 bits per heavy atom. The van der Waals surface area contributed by atoms with Gasteiger partial charge in [-0.15, -0.1) is 0 Å². The minimum Gasteiger partial charge on any atom is -0.491 e. The van der Waals surface area contributed by atoms with Crippen molar-refractivity contribution in [1.29, 1.82) is 0 Å². The highest BCUT2D eigenvalue weighted by Crippen LogP contribution is 2.31. The van der Waals surface area contributed by atoms with Gasteiger partial charge >= 0.3 is 0 Å². The Morgan fingerprint density at radius 3 is 2.76 bits per heavy atom. The Labute approximate surface area is 147 Å². The van der Waals surface area contributed by atoms with Crippen molar-refractivity contribution in [1.82, 2.24) is 5.32 Å².